The van der Waals surface area contributed by atoms with Crippen LogP contribution >= 0.6 is 0 Å². The lowest BCUT2D eigenvalue weighted by molar-refractivity contribution is -0.157. The summed E-state index contributed by atoms with van der Waals surface area (Å²) < 4.78 is 40.4. The minimum atomic E-state index is -4.06. The first-order chi connectivity index (χ1) is 18.4. The molecule has 0 radical (unpaired) electrons. The van der Waals surface area contributed by atoms with Crippen LogP contribution in [0.15, 0.2) is 77.8 Å². The molecule has 0 N–H and O–H groups in total. The van der Waals surface area contributed by atoms with E-state index in [0.29, 0.717) is 37.2 Å². The molecule has 2 aliphatic heterocycles. The Hall–Kier alpha value is -3.78. The van der Waals surface area contributed by atoms with Crippen molar-refractivity contribution in [2.24, 2.45) is 0 Å². The number of carbonyl (C=O) groups excluding carboxylic acids is 1. The lowest BCUT2D eigenvalue weighted by Crippen LogP contribution is -2.66. The Bertz CT molecular complexity index is 1440. The smallest absolute Gasteiger partial charge is 0.328 e. The van der Waals surface area contributed by atoms with Gasteiger partial charge in [0, 0.05) is 31.7 Å². The van der Waals surface area contributed by atoms with Crippen molar-refractivity contribution in [2.45, 2.75) is 42.8 Å². The van der Waals surface area contributed by atoms with E-state index in [0.717, 1.165) is 5.56 Å². The number of pyridine rings is 1. The van der Waals surface area contributed by atoms with Crippen molar-refractivity contribution in [2.75, 3.05) is 19.7 Å². The number of likely N-dealkylation sites (tertiary alicyclic amines) is 1. The van der Waals surface area contributed by atoms with Crippen LogP contribution in [0.4, 0.5) is 0 Å². The fourth-order valence-corrected chi connectivity index (χ4v) is 7.25. The zero-order valence-electron chi connectivity index (χ0n) is 21.0. The van der Waals surface area contributed by atoms with Crippen LogP contribution in [0.2, 0.25) is 0 Å². The average molecular weight is 533 g/mol. The van der Waals surface area contributed by atoms with Crippen LogP contribution in [-0.4, -0.2) is 59.9 Å². The van der Waals surface area contributed by atoms with E-state index in [-0.39, 0.29) is 30.0 Å². The fraction of sp³-hybridized carbons (Fsp3) is 0.321. The van der Waals surface area contributed by atoms with Crippen molar-refractivity contribution in [1.82, 2.24) is 14.2 Å². The first-order valence-electron chi connectivity index (χ1n) is 12.5. The third-order valence-electron chi connectivity index (χ3n) is 6.98. The quantitative estimate of drug-likeness (QED) is 0.404. The van der Waals surface area contributed by atoms with Gasteiger partial charge in [0.2, 0.25) is 15.9 Å². The maximum atomic E-state index is 14.0. The van der Waals surface area contributed by atoms with Gasteiger partial charge in [-0.25, -0.2) is 18.2 Å². The molecule has 38 heavy (non-hydrogen) atoms. The summed E-state index contributed by atoms with van der Waals surface area (Å²) in [6.45, 7) is 3.28. The Morgan fingerprint density at radius 3 is 2.55 bits per heavy atom. The predicted molar refractivity (Wildman–Crippen MR) is 139 cm³/mol. The van der Waals surface area contributed by atoms with Gasteiger partial charge < -0.3 is 9.47 Å². The zero-order valence-corrected chi connectivity index (χ0v) is 21.8. The molecule has 3 aromatic rings. The van der Waals surface area contributed by atoms with Crippen molar-refractivity contribution >= 4 is 16.0 Å². The third kappa shape index (κ3) is 4.88. The lowest BCUT2D eigenvalue weighted by Gasteiger charge is -2.46. The second-order valence-electron chi connectivity index (χ2n) is 9.47. The lowest BCUT2D eigenvalue weighted by atomic mass is 9.96. The molecule has 2 unspecified atom stereocenters. The molecule has 1 aromatic heterocycles. The molecule has 0 aliphatic carbocycles. The minimum absolute atomic E-state index is 0.0123. The van der Waals surface area contributed by atoms with Crippen LogP contribution in [0.1, 0.15) is 30.9 Å². The number of rotatable bonds is 8. The molecule has 2 aliphatic rings. The number of hydrogen-bond donors (Lipinski definition) is 0. The number of piperazine rings is 1. The maximum absolute atomic E-state index is 14.0. The molecule has 2 saturated heterocycles. The molecule has 0 saturated carbocycles. The van der Waals surface area contributed by atoms with Crippen molar-refractivity contribution in [1.29, 1.82) is 5.26 Å². The maximum Gasteiger partial charge on any atom is 0.328 e. The summed E-state index contributed by atoms with van der Waals surface area (Å²) >= 11 is 0. The van der Waals surface area contributed by atoms with E-state index >= 15 is 0 Å². The van der Waals surface area contributed by atoms with Crippen LogP contribution in [0.5, 0.6) is 11.6 Å². The van der Waals surface area contributed by atoms with Gasteiger partial charge in [0.1, 0.15) is 16.2 Å². The Labute approximate surface area is 222 Å². The summed E-state index contributed by atoms with van der Waals surface area (Å²) in [5.41, 5.74) is 0.301. The van der Waals surface area contributed by atoms with Gasteiger partial charge in [0.15, 0.2) is 0 Å². The second kappa shape index (κ2) is 10.5. The van der Waals surface area contributed by atoms with Gasteiger partial charge in [-0.15, -0.1) is 0 Å². The first kappa shape index (κ1) is 25.9. The second-order valence-corrected chi connectivity index (χ2v) is 11.3. The highest BCUT2D eigenvalue weighted by Crippen LogP contribution is 2.44. The highest BCUT2D eigenvalue weighted by molar-refractivity contribution is 7.89. The topological polar surface area (TPSA) is 113 Å². The van der Waals surface area contributed by atoms with E-state index in [1.165, 1.54) is 22.6 Å². The summed E-state index contributed by atoms with van der Waals surface area (Å²) in [6, 6.07) is 21.0. The van der Waals surface area contributed by atoms with Crippen LogP contribution in [0, 0.1) is 11.3 Å². The number of sulfonamides is 1. The summed E-state index contributed by atoms with van der Waals surface area (Å²) in [5.74, 6) is 0.169. The highest BCUT2D eigenvalue weighted by atomic mass is 32.2. The molecule has 3 heterocycles. The van der Waals surface area contributed by atoms with Gasteiger partial charge >= 0.3 is 5.97 Å². The molecule has 2 bridgehead atoms. The molecular formula is C28H28N4O5S. The minimum Gasteiger partial charge on any atom is -0.465 e. The Kier molecular flexibility index (Phi) is 7.17. The van der Waals surface area contributed by atoms with Gasteiger partial charge in [-0.3, -0.25) is 4.90 Å². The number of fused-ring (bicyclic) bond motifs is 2. The largest absolute Gasteiger partial charge is 0.465 e. The molecule has 2 aromatic carbocycles. The molecule has 0 amide bonds. The molecule has 9 nitrogen and oxygen atoms in total. The van der Waals surface area contributed by atoms with E-state index in [1.807, 2.05) is 36.4 Å². The number of hydrogen-bond acceptors (Lipinski definition) is 8. The van der Waals surface area contributed by atoms with E-state index in [1.54, 1.807) is 31.2 Å². The summed E-state index contributed by atoms with van der Waals surface area (Å²) in [7, 11) is -4.06. The van der Waals surface area contributed by atoms with Crippen LogP contribution in [0.25, 0.3) is 0 Å². The number of nitriles is 1. The summed E-state index contributed by atoms with van der Waals surface area (Å²) in [5, 5.41) is 8.94. The monoisotopic (exact) mass is 532 g/mol. The predicted octanol–water partition coefficient (Wildman–Crippen LogP) is 3.72. The first-order valence-corrected chi connectivity index (χ1v) is 13.9. The highest BCUT2D eigenvalue weighted by Gasteiger charge is 2.61. The molecule has 2 fully saturated rings. The van der Waals surface area contributed by atoms with Crippen molar-refractivity contribution in [3.63, 3.8) is 0 Å². The summed E-state index contributed by atoms with van der Waals surface area (Å²) in [6.07, 6.45) is 2.22. The van der Waals surface area contributed by atoms with Crippen LogP contribution in [0.3, 0.4) is 0 Å². The third-order valence-corrected chi connectivity index (χ3v) is 8.98. The van der Waals surface area contributed by atoms with Crippen LogP contribution in [-0.2, 0) is 26.1 Å². The summed E-state index contributed by atoms with van der Waals surface area (Å²) in [4.78, 5) is 19.7. The zero-order chi connectivity index (χ0) is 26.8. The molecule has 0 spiro atoms. The normalized spacial score (nSPS) is 21.5. The Morgan fingerprint density at radius 1 is 1.13 bits per heavy atom. The number of nitrogens with zero attached hydrogens (tertiary/aromatic N) is 4. The molecular weight excluding hydrogens is 504 g/mol. The van der Waals surface area contributed by atoms with Gasteiger partial charge in [0.05, 0.1) is 24.4 Å². The van der Waals surface area contributed by atoms with E-state index < -0.39 is 21.5 Å². The average Bonchev–Trinajstić information content (AvgIpc) is 3.19. The number of aromatic nitrogens is 1. The number of benzene rings is 2. The van der Waals surface area contributed by atoms with Crippen molar-refractivity contribution < 1.29 is 22.7 Å². The van der Waals surface area contributed by atoms with Crippen molar-refractivity contribution in [3.05, 3.63) is 84.1 Å². The molecule has 5 rings (SSSR count). The van der Waals surface area contributed by atoms with Gasteiger partial charge in [-0.1, -0.05) is 30.3 Å². The number of ether oxygens (including phenoxy) is 2. The van der Waals surface area contributed by atoms with Crippen molar-refractivity contribution in [3.8, 4) is 17.7 Å². The van der Waals surface area contributed by atoms with Crippen LogP contribution < -0.4 is 4.74 Å². The van der Waals surface area contributed by atoms with E-state index in [4.69, 9.17) is 14.7 Å². The standard InChI is InChI=1S/C28H28N4O5S/c1-2-36-27(33)28-15-14-23(19-31(20-28)18-22-6-4-3-5-7-22)32(28)38(34,35)25-12-13-26(30-17-25)37-24-10-8-21(16-29)9-11-24/h3-13,17,23H,2,14-15,18-20H2,1H3. The van der Waals surface area contributed by atoms with E-state index in [9.17, 15) is 13.2 Å². The number of esters is 1. The van der Waals surface area contributed by atoms with Gasteiger partial charge in [-0.2, -0.15) is 9.57 Å². The number of carbonyl (C=O) groups is 1. The fourth-order valence-electron chi connectivity index (χ4n) is 5.35. The van der Waals surface area contributed by atoms with Gasteiger partial charge in [-0.05, 0) is 55.7 Å². The Balaban J connectivity index is 1.40. The molecule has 10 heteroatoms. The SMILES string of the molecule is CCOC(=O)C12CCC(CN(Cc3ccccc3)C1)N2S(=O)(=O)c1ccc(Oc2ccc(C#N)cc2)nc1. The molecule has 2 atom stereocenters. The van der Waals surface area contributed by atoms with Gasteiger partial charge in [0.25, 0.3) is 0 Å². The molecule has 196 valence electrons. The van der Waals surface area contributed by atoms with E-state index in [2.05, 4.69) is 9.88 Å². The Morgan fingerprint density at radius 2 is 1.89 bits per heavy atom.